The lowest BCUT2D eigenvalue weighted by atomic mass is 10.0. The molecule has 0 aliphatic carbocycles. The molecule has 0 spiro atoms. The predicted octanol–water partition coefficient (Wildman–Crippen LogP) is 3.20. The Morgan fingerprint density at radius 3 is 2.58 bits per heavy atom. The van der Waals surface area contributed by atoms with Crippen LogP contribution in [0.2, 0.25) is 0 Å². The average Bonchev–Trinajstić information content (AvgIpc) is 2.73. The molecule has 1 aromatic carbocycles. The Hall–Kier alpha value is -2.80. The van der Waals surface area contributed by atoms with Gasteiger partial charge < -0.3 is 10.1 Å². The summed E-state index contributed by atoms with van der Waals surface area (Å²) in [6, 6.07) is 13.9. The van der Waals surface area contributed by atoms with Crippen LogP contribution in [0.25, 0.3) is 16.6 Å². The van der Waals surface area contributed by atoms with E-state index < -0.39 is 0 Å². The van der Waals surface area contributed by atoms with Gasteiger partial charge in [-0.25, -0.2) is 4.39 Å². The number of rotatable bonds is 1. The molecule has 2 aromatic heterocycles. The molecule has 0 aliphatic rings. The molecule has 0 atom stereocenters. The van der Waals surface area contributed by atoms with Crippen LogP contribution in [0.5, 0.6) is 0 Å². The van der Waals surface area contributed by atoms with Gasteiger partial charge in [0, 0.05) is 17.3 Å². The Bertz CT molecular complexity index is 812. The number of hydrogen-bond acceptors (Lipinski definition) is 2. The molecule has 2 heterocycles. The van der Waals surface area contributed by atoms with Gasteiger partial charge in [0.05, 0.1) is 11.1 Å². The molecule has 3 aromatic rings. The summed E-state index contributed by atoms with van der Waals surface area (Å²) in [5.74, 6) is -0.0149. The SMILES string of the molecule is N#Cc1c(-c2ccccc2F)c(N)n2ccccc12. The number of pyridine rings is 1. The smallest absolute Gasteiger partial charge is 0.131 e. The molecule has 0 fully saturated rings. The molecule has 3 rings (SSSR count). The fourth-order valence-electron chi connectivity index (χ4n) is 2.28. The van der Waals surface area contributed by atoms with Gasteiger partial charge in [0.25, 0.3) is 0 Å². The van der Waals surface area contributed by atoms with Crippen LogP contribution in [0.15, 0.2) is 48.7 Å². The quantitative estimate of drug-likeness (QED) is 0.722. The predicted molar refractivity (Wildman–Crippen MR) is 71.9 cm³/mol. The standard InChI is InChI=1S/C15H10FN3/c16-12-6-2-1-5-10(12)14-11(9-17)13-7-3-4-8-19(13)15(14)18/h1-8H,18H2. The highest BCUT2D eigenvalue weighted by Gasteiger charge is 2.19. The van der Waals surface area contributed by atoms with E-state index in [0.717, 1.165) is 0 Å². The lowest BCUT2D eigenvalue weighted by Crippen LogP contribution is -1.94. The maximum atomic E-state index is 13.9. The highest BCUT2D eigenvalue weighted by atomic mass is 19.1. The van der Waals surface area contributed by atoms with Crippen molar-refractivity contribution in [2.75, 3.05) is 5.73 Å². The van der Waals surface area contributed by atoms with E-state index in [1.54, 1.807) is 34.9 Å². The van der Waals surface area contributed by atoms with Crippen molar-refractivity contribution < 1.29 is 4.39 Å². The summed E-state index contributed by atoms with van der Waals surface area (Å²) in [6.45, 7) is 0. The van der Waals surface area contributed by atoms with E-state index in [1.807, 2.05) is 12.1 Å². The average molecular weight is 251 g/mol. The molecule has 4 heteroatoms. The van der Waals surface area contributed by atoms with E-state index >= 15 is 0 Å². The zero-order valence-electron chi connectivity index (χ0n) is 9.97. The third kappa shape index (κ3) is 1.56. The van der Waals surface area contributed by atoms with Crippen LogP contribution in [-0.4, -0.2) is 4.40 Å². The topological polar surface area (TPSA) is 54.2 Å². The monoisotopic (exact) mass is 251 g/mol. The lowest BCUT2D eigenvalue weighted by Gasteiger charge is -2.03. The van der Waals surface area contributed by atoms with Crippen LogP contribution in [0.4, 0.5) is 10.2 Å². The van der Waals surface area contributed by atoms with Crippen LogP contribution in [0.3, 0.4) is 0 Å². The van der Waals surface area contributed by atoms with Crippen molar-refractivity contribution in [3.8, 4) is 17.2 Å². The van der Waals surface area contributed by atoms with Gasteiger partial charge in [-0.05, 0) is 18.2 Å². The first kappa shape index (κ1) is 11.3. The third-order valence-corrected chi connectivity index (χ3v) is 3.14. The van der Waals surface area contributed by atoms with E-state index in [4.69, 9.17) is 5.73 Å². The molecule has 0 saturated heterocycles. The zero-order valence-corrected chi connectivity index (χ0v) is 9.97. The number of nitriles is 1. The van der Waals surface area contributed by atoms with Crippen LogP contribution in [-0.2, 0) is 0 Å². The maximum absolute atomic E-state index is 13.9. The molecule has 0 saturated carbocycles. The number of aromatic nitrogens is 1. The van der Waals surface area contributed by atoms with E-state index in [2.05, 4.69) is 6.07 Å². The van der Waals surface area contributed by atoms with Crippen LogP contribution in [0, 0.1) is 17.1 Å². The number of fused-ring (bicyclic) bond motifs is 1. The van der Waals surface area contributed by atoms with Crippen LogP contribution in [0.1, 0.15) is 5.56 Å². The minimum atomic E-state index is -0.387. The lowest BCUT2D eigenvalue weighted by molar-refractivity contribution is 0.631. The van der Waals surface area contributed by atoms with Gasteiger partial charge >= 0.3 is 0 Å². The van der Waals surface area contributed by atoms with Crippen molar-refractivity contribution in [2.24, 2.45) is 0 Å². The summed E-state index contributed by atoms with van der Waals surface area (Å²) in [5.41, 5.74) is 7.93. The second-order valence-corrected chi connectivity index (χ2v) is 4.18. The van der Waals surface area contributed by atoms with Gasteiger partial charge in [0.1, 0.15) is 17.7 Å². The molecule has 0 aliphatic heterocycles. The number of nitrogens with zero attached hydrogens (tertiary/aromatic N) is 2. The normalized spacial score (nSPS) is 10.5. The summed E-state index contributed by atoms with van der Waals surface area (Å²) in [7, 11) is 0. The zero-order chi connectivity index (χ0) is 13.4. The number of halogens is 1. The van der Waals surface area contributed by atoms with E-state index in [0.29, 0.717) is 28.0 Å². The van der Waals surface area contributed by atoms with E-state index in [1.165, 1.54) is 6.07 Å². The molecular formula is C15H10FN3. The molecule has 92 valence electrons. The first-order chi connectivity index (χ1) is 9.24. The fourth-order valence-corrected chi connectivity index (χ4v) is 2.28. The maximum Gasteiger partial charge on any atom is 0.131 e. The number of hydrogen-bond donors (Lipinski definition) is 1. The van der Waals surface area contributed by atoms with Crippen LogP contribution >= 0.6 is 0 Å². The number of nitrogens with two attached hydrogens (primary N) is 1. The summed E-state index contributed by atoms with van der Waals surface area (Å²) in [6.07, 6.45) is 1.76. The molecule has 0 bridgehead atoms. The fraction of sp³-hybridized carbons (Fsp3) is 0. The van der Waals surface area contributed by atoms with Crippen molar-refractivity contribution in [1.82, 2.24) is 4.40 Å². The molecule has 3 nitrogen and oxygen atoms in total. The van der Waals surface area contributed by atoms with E-state index in [-0.39, 0.29) is 5.82 Å². The Kier molecular flexibility index (Phi) is 2.46. The van der Waals surface area contributed by atoms with Crippen molar-refractivity contribution >= 4 is 11.3 Å². The molecule has 0 unspecified atom stereocenters. The number of benzene rings is 1. The summed E-state index contributed by atoms with van der Waals surface area (Å²) < 4.78 is 15.6. The second-order valence-electron chi connectivity index (χ2n) is 4.18. The molecule has 0 amide bonds. The highest BCUT2D eigenvalue weighted by molar-refractivity contribution is 5.89. The number of anilines is 1. The molecule has 19 heavy (non-hydrogen) atoms. The highest BCUT2D eigenvalue weighted by Crippen LogP contribution is 2.35. The van der Waals surface area contributed by atoms with Gasteiger partial charge in [-0.2, -0.15) is 5.26 Å². The Morgan fingerprint density at radius 2 is 1.84 bits per heavy atom. The summed E-state index contributed by atoms with van der Waals surface area (Å²) in [5, 5.41) is 9.34. The van der Waals surface area contributed by atoms with Gasteiger partial charge in [0.2, 0.25) is 0 Å². The summed E-state index contributed by atoms with van der Waals surface area (Å²) in [4.78, 5) is 0. The van der Waals surface area contributed by atoms with Crippen LogP contribution < -0.4 is 5.73 Å². The van der Waals surface area contributed by atoms with E-state index in [9.17, 15) is 9.65 Å². The van der Waals surface area contributed by atoms with Crippen molar-refractivity contribution in [3.63, 3.8) is 0 Å². The molecule has 0 radical (unpaired) electrons. The van der Waals surface area contributed by atoms with Gasteiger partial charge in [-0.1, -0.05) is 24.3 Å². The first-order valence-corrected chi connectivity index (χ1v) is 5.77. The first-order valence-electron chi connectivity index (χ1n) is 5.77. The largest absolute Gasteiger partial charge is 0.384 e. The van der Waals surface area contributed by atoms with Gasteiger partial charge in [-0.3, -0.25) is 0 Å². The molecular weight excluding hydrogens is 241 g/mol. The minimum absolute atomic E-state index is 0.347. The third-order valence-electron chi connectivity index (χ3n) is 3.14. The summed E-state index contributed by atoms with van der Waals surface area (Å²) >= 11 is 0. The Morgan fingerprint density at radius 1 is 1.11 bits per heavy atom. The molecule has 2 N–H and O–H groups in total. The Labute approximate surface area is 109 Å². The second kappa shape index (κ2) is 4.14. The number of nitrogen functional groups attached to an aromatic ring is 1. The van der Waals surface area contributed by atoms with Crippen molar-refractivity contribution in [1.29, 1.82) is 5.26 Å². The van der Waals surface area contributed by atoms with Crippen molar-refractivity contribution in [3.05, 3.63) is 60.0 Å². The van der Waals surface area contributed by atoms with Crippen molar-refractivity contribution in [2.45, 2.75) is 0 Å². The Balaban J connectivity index is 2.46. The minimum Gasteiger partial charge on any atom is -0.384 e. The van der Waals surface area contributed by atoms with Gasteiger partial charge in [-0.15, -0.1) is 0 Å². The van der Waals surface area contributed by atoms with Gasteiger partial charge in [0.15, 0.2) is 0 Å².